The lowest BCUT2D eigenvalue weighted by Gasteiger charge is -2.05. The summed E-state index contributed by atoms with van der Waals surface area (Å²) in [6, 6.07) is 0. The maximum absolute atomic E-state index is 5.63. The highest BCUT2D eigenvalue weighted by Crippen LogP contribution is 2.16. The zero-order valence-electron chi connectivity index (χ0n) is 5.81. The van der Waals surface area contributed by atoms with Gasteiger partial charge in [-0.2, -0.15) is 11.8 Å². The van der Waals surface area contributed by atoms with Crippen LogP contribution in [0.4, 0.5) is 0 Å². The van der Waals surface area contributed by atoms with E-state index in [-0.39, 0.29) is 0 Å². The zero-order chi connectivity index (χ0) is 7.98. The lowest BCUT2D eigenvalue weighted by atomic mass is 10.5. The van der Waals surface area contributed by atoms with Gasteiger partial charge in [-0.1, -0.05) is 30.1 Å². The minimum absolute atomic E-state index is 0.449. The van der Waals surface area contributed by atoms with Gasteiger partial charge >= 0.3 is 0 Å². The highest BCUT2D eigenvalue weighted by molar-refractivity contribution is 8.00. The molecule has 1 unspecified atom stereocenters. The summed E-state index contributed by atoms with van der Waals surface area (Å²) in [6.07, 6.45) is 0. The number of nitrogens with two attached hydrogens (primary N) is 1. The maximum atomic E-state index is 5.63. The standard InChI is InChI=1S/C6H11Cl2NS/c1-5(3-9)10-4-6(8)2-7/h2,5H,3-4,9H2,1H3. The molecule has 10 heavy (non-hydrogen) atoms. The fourth-order valence-corrected chi connectivity index (χ4v) is 1.34. The number of thioether (sulfide) groups is 1. The Morgan fingerprint density at radius 3 is 2.80 bits per heavy atom. The fraction of sp³-hybridized carbons (Fsp3) is 0.667. The Bertz CT molecular complexity index is 116. The van der Waals surface area contributed by atoms with Crippen LogP contribution >= 0.6 is 35.0 Å². The van der Waals surface area contributed by atoms with Gasteiger partial charge in [0, 0.05) is 28.1 Å². The fourth-order valence-electron chi connectivity index (χ4n) is 0.321. The van der Waals surface area contributed by atoms with E-state index >= 15 is 0 Å². The van der Waals surface area contributed by atoms with Crippen LogP contribution in [0.1, 0.15) is 6.92 Å². The highest BCUT2D eigenvalue weighted by atomic mass is 35.5. The van der Waals surface area contributed by atoms with E-state index in [1.807, 2.05) is 0 Å². The molecule has 1 nitrogen and oxygen atoms in total. The summed E-state index contributed by atoms with van der Waals surface area (Å²) < 4.78 is 0. The Balaban J connectivity index is 3.35. The molecule has 0 aliphatic heterocycles. The second-order valence-corrected chi connectivity index (χ2v) is 4.04. The van der Waals surface area contributed by atoms with Crippen molar-refractivity contribution in [3.05, 3.63) is 10.6 Å². The van der Waals surface area contributed by atoms with E-state index in [9.17, 15) is 0 Å². The first-order valence-corrected chi connectivity index (χ1v) is 4.83. The van der Waals surface area contributed by atoms with E-state index in [1.54, 1.807) is 11.8 Å². The van der Waals surface area contributed by atoms with Crippen molar-refractivity contribution in [3.63, 3.8) is 0 Å². The first-order valence-electron chi connectivity index (χ1n) is 2.97. The van der Waals surface area contributed by atoms with Gasteiger partial charge in [0.1, 0.15) is 0 Å². The van der Waals surface area contributed by atoms with E-state index < -0.39 is 0 Å². The summed E-state index contributed by atoms with van der Waals surface area (Å²) in [5.74, 6) is 0.753. The van der Waals surface area contributed by atoms with Gasteiger partial charge in [-0.25, -0.2) is 0 Å². The summed E-state index contributed by atoms with van der Waals surface area (Å²) in [4.78, 5) is 0. The predicted molar refractivity (Wildman–Crippen MR) is 50.8 cm³/mol. The molecular weight excluding hydrogens is 189 g/mol. The minimum Gasteiger partial charge on any atom is -0.329 e. The smallest absolute Gasteiger partial charge is 0.0392 e. The van der Waals surface area contributed by atoms with Crippen molar-refractivity contribution in [2.24, 2.45) is 5.73 Å². The lowest BCUT2D eigenvalue weighted by Crippen LogP contribution is -2.12. The molecule has 0 aliphatic carbocycles. The van der Waals surface area contributed by atoms with Crippen LogP contribution in [0.25, 0.3) is 0 Å². The van der Waals surface area contributed by atoms with Crippen molar-refractivity contribution in [3.8, 4) is 0 Å². The van der Waals surface area contributed by atoms with Crippen molar-refractivity contribution < 1.29 is 0 Å². The van der Waals surface area contributed by atoms with Crippen LogP contribution in [0.2, 0.25) is 0 Å². The molecule has 0 saturated carbocycles. The van der Waals surface area contributed by atoms with Gasteiger partial charge < -0.3 is 5.73 Å². The summed E-state index contributed by atoms with van der Waals surface area (Å²) in [5.41, 5.74) is 6.77. The van der Waals surface area contributed by atoms with Gasteiger partial charge in [0.2, 0.25) is 0 Å². The molecule has 0 spiro atoms. The molecular formula is C6H11Cl2NS. The molecule has 0 aromatic heterocycles. The quantitative estimate of drug-likeness (QED) is 0.753. The Morgan fingerprint density at radius 2 is 2.40 bits per heavy atom. The largest absolute Gasteiger partial charge is 0.329 e. The topological polar surface area (TPSA) is 26.0 Å². The molecule has 0 saturated heterocycles. The third-order valence-electron chi connectivity index (χ3n) is 0.956. The van der Waals surface area contributed by atoms with E-state index in [4.69, 9.17) is 28.9 Å². The van der Waals surface area contributed by atoms with Gasteiger partial charge in [-0.05, 0) is 0 Å². The molecule has 0 rings (SSSR count). The van der Waals surface area contributed by atoms with Crippen LogP contribution in [0.5, 0.6) is 0 Å². The van der Waals surface area contributed by atoms with Gasteiger partial charge in [0.25, 0.3) is 0 Å². The highest BCUT2D eigenvalue weighted by Gasteiger charge is 1.99. The van der Waals surface area contributed by atoms with Gasteiger partial charge in [0.05, 0.1) is 0 Å². The van der Waals surface area contributed by atoms with Crippen molar-refractivity contribution in [1.82, 2.24) is 0 Å². The van der Waals surface area contributed by atoms with Gasteiger partial charge in [0.15, 0.2) is 0 Å². The molecule has 1 atom stereocenters. The third kappa shape index (κ3) is 5.42. The van der Waals surface area contributed by atoms with Crippen LogP contribution < -0.4 is 5.73 Å². The lowest BCUT2D eigenvalue weighted by molar-refractivity contribution is 0.953. The van der Waals surface area contributed by atoms with Crippen molar-refractivity contribution >= 4 is 35.0 Å². The average molecular weight is 200 g/mol. The molecule has 0 fully saturated rings. The summed E-state index contributed by atoms with van der Waals surface area (Å²) in [6.45, 7) is 2.74. The normalized spacial score (nSPS) is 15.4. The molecule has 2 N–H and O–H groups in total. The summed E-state index contributed by atoms with van der Waals surface area (Å²) in [5, 5.41) is 1.12. The Morgan fingerprint density at radius 1 is 1.80 bits per heavy atom. The molecule has 0 bridgehead atoms. The van der Waals surface area contributed by atoms with E-state index in [0.717, 1.165) is 5.75 Å². The predicted octanol–water partition coefficient (Wildman–Crippen LogP) is 2.39. The van der Waals surface area contributed by atoms with Crippen LogP contribution in [0.15, 0.2) is 10.6 Å². The molecule has 4 heteroatoms. The van der Waals surface area contributed by atoms with Gasteiger partial charge in [-0.15, -0.1) is 0 Å². The Hall–Kier alpha value is 0.630. The summed E-state index contributed by atoms with van der Waals surface area (Å²) >= 11 is 12.7. The van der Waals surface area contributed by atoms with Gasteiger partial charge in [-0.3, -0.25) is 0 Å². The van der Waals surface area contributed by atoms with Crippen LogP contribution in [0, 0.1) is 0 Å². The Kier molecular flexibility index (Phi) is 6.75. The van der Waals surface area contributed by atoms with E-state index in [1.165, 1.54) is 5.54 Å². The molecule has 0 aromatic rings. The van der Waals surface area contributed by atoms with Crippen LogP contribution in [0.3, 0.4) is 0 Å². The molecule has 0 aliphatic rings. The van der Waals surface area contributed by atoms with E-state index in [2.05, 4.69) is 6.92 Å². The number of halogens is 2. The molecule has 0 radical (unpaired) electrons. The summed E-state index contributed by atoms with van der Waals surface area (Å²) in [7, 11) is 0. The first kappa shape index (κ1) is 10.6. The monoisotopic (exact) mass is 199 g/mol. The third-order valence-corrected chi connectivity index (χ3v) is 2.97. The van der Waals surface area contributed by atoms with Crippen molar-refractivity contribution in [2.45, 2.75) is 12.2 Å². The zero-order valence-corrected chi connectivity index (χ0v) is 8.14. The first-order chi connectivity index (χ1) is 4.70. The second kappa shape index (κ2) is 6.35. The van der Waals surface area contributed by atoms with Crippen molar-refractivity contribution in [2.75, 3.05) is 12.3 Å². The molecule has 0 amide bonds. The SMILES string of the molecule is CC(CN)SCC(Cl)=CCl. The maximum Gasteiger partial charge on any atom is 0.0392 e. The van der Waals surface area contributed by atoms with Crippen LogP contribution in [-0.2, 0) is 0 Å². The Labute approximate surface area is 75.9 Å². The second-order valence-electron chi connectivity index (χ2n) is 1.91. The number of hydrogen-bond acceptors (Lipinski definition) is 2. The minimum atomic E-state index is 0.449. The number of rotatable bonds is 4. The number of hydrogen-bond donors (Lipinski definition) is 1. The average Bonchev–Trinajstić information content (AvgIpc) is 1.99. The molecule has 60 valence electrons. The van der Waals surface area contributed by atoms with Crippen LogP contribution in [-0.4, -0.2) is 17.5 Å². The molecule has 0 aromatic carbocycles. The van der Waals surface area contributed by atoms with E-state index in [0.29, 0.717) is 16.8 Å². The molecule has 0 heterocycles. The van der Waals surface area contributed by atoms with Crippen molar-refractivity contribution in [1.29, 1.82) is 0 Å².